The monoisotopic (exact) mass is 289 g/mol. The first-order valence-electron chi connectivity index (χ1n) is 6.97. The molecule has 2 N–H and O–H groups in total. The minimum Gasteiger partial charge on any atom is -0.494 e. The van der Waals surface area contributed by atoms with Gasteiger partial charge in [-0.05, 0) is 43.2 Å². The van der Waals surface area contributed by atoms with Crippen LogP contribution in [0.2, 0.25) is 0 Å². The van der Waals surface area contributed by atoms with Crippen LogP contribution in [-0.2, 0) is 0 Å². The molecule has 3 nitrogen and oxygen atoms in total. The van der Waals surface area contributed by atoms with Crippen LogP contribution in [0.4, 0.5) is 4.39 Å². The van der Waals surface area contributed by atoms with Gasteiger partial charge in [-0.3, -0.25) is 0 Å². The predicted molar refractivity (Wildman–Crippen MR) is 81.2 cm³/mol. The van der Waals surface area contributed by atoms with E-state index in [1.165, 1.54) is 12.1 Å². The number of rotatable bonds is 6. The van der Waals surface area contributed by atoms with Crippen LogP contribution in [0.25, 0.3) is 0 Å². The maximum Gasteiger partial charge on any atom is 0.126 e. The van der Waals surface area contributed by atoms with Crippen molar-refractivity contribution < 1.29 is 13.9 Å². The number of nitrogens with two attached hydrogens (primary N) is 1. The Morgan fingerprint density at radius 1 is 1.10 bits per heavy atom. The third-order valence-corrected chi connectivity index (χ3v) is 3.19. The van der Waals surface area contributed by atoms with Gasteiger partial charge in [0.05, 0.1) is 12.6 Å². The van der Waals surface area contributed by atoms with Crippen LogP contribution in [0, 0.1) is 12.7 Å². The molecule has 0 saturated carbocycles. The maximum atomic E-state index is 13.2. The molecule has 0 aliphatic rings. The molecule has 0 radical (unpaired) electrons. The van der Waals surface area contributed by atoms with Gasteiger partial charge in [-0.15, -0.1) is 0 Å². The number of aryl methyl sites for hydroxylation is 1. The number of hydrogen-bond donors (Lipinski definition) is 1. The summed E-state index contributed by atoms with van der Waals surface area (Å²) in [5, 5.41) is 0. The fourth-order valence-corrected chi connectivity index (χ4v) is 1.98. The Kier molecular flexibility index (Phi) is 5.17. The molecule has 2 rings (SSSR count). The summed E-state index contributed by atoms with van der Waals surface area (Å²) in [4.78, 5) is 0. The second kappa shape index (κ2) is 7.09. The highest BCUT2D eigenvalue weighted by Gasteiger charge is 2.09. The maximum absolute atomic E-state index is 13.2. The topological polar surface area (TPSA) is 44.5 Å². The van der Waals surface area contributed by atoms with Crippen molar-refractivity contribution in [3.05, 3.63) is 59.4 Å². The summed E-state index contributed by atoms with van der Waals surface area (Å²) in [6.45, 7) is 4.73. The molecule has 1 unspecified atom stereocenters. The van der Waals surface area contributed by atoms with E-state index < -0.39 is 0 Å². The van der Waals surface area contributed by atoms with Gasteiger partial charge in [0.2, 0.25) is 0 Å². The summed E-state index contributed by atoms with van der Waals surface area (Å²) in [7, 11) is 0. The Bertz CT molecular complexity index is 584. The van der Waals surface area contributed by atoms with Crippen LogP contribution < -0.4 is 15.2 Å². The smallest absolute Gasteiger partial charge is 0.126 e. The molecule has 0 aromatic heterocycles. The second-order valence-corrected chi connectivity index (χ2v) is 4.83. The molecule has 0 aliphatic carbocycles. The molecule has 0 spiro atoms. The van der Waals surface area contributed by atoms with E-state index >= 15 is 0 Å². The Morgan fingerprint density at radius 3 is 2.48 bits per heavy atom. The van der Waals surface area contributed by atoms with Crippen LogP contribution in [0.5, 0.6) is 11.5 Å². The van der Waals surface area contributed by atoms with E-state index in [9.17, 15) is 4.39 Å². The van der Waals surface area contributed by atoms with Gasteiger partial charge in [0.25, 0.3) is 0 Å². The lowest BCUT2D eigenvalue weighted by atomic mass is 10.1. The molecule has 0 saturated heterocycles. The number of ether oxygens (including phenoxy) is 2. The highest BCUT2D eigenvalue weighted by molar-refractivity contribution is 5.33. The Balaban J connectivity index is 1.97. The van der Waals surface area contributed by atoms with E-state index in [2.05, 4.69) is 0 Å². The van der Waals surface area contributed by atoms with E-state index in [-0.39, 0.29) is 18.5 Å². The highest BCUT2D eigenvalue weighted by atomic mass is 19.1. The van der Waals surface area contributed by atoms with E-state index in [0.717, 1.165) is 16.9 Å². The standard InChI is InChI=1S/C17H20FNO2/c1-3-20-15-8-5-13(6-9-15)16(19)11-21-17-10-14(18)7-4-12(17)2/h4-10,16H,3,11,19H2,1-2H3. The van der Waals surface area contributed by atoms with Crippen LogP contribution in [0.3, 0.4) is 0 Å². The molecule has 0 heterocycles. The first-order valence-corrected chi connectivity index (χ1v) is 6.97. The molecule has 2 aromatic rings. The zero-order chi connectivity index (χ0) is 15.2. The lowest BCUT2D eigenvalue weighted by molar-refractivity contribution is 0.287. The largest absolute Gasteiger partial charge is 0.494 e. The minimum atomic E-state index is -0.315. The molecule has 0 bridgehead atoms. The number of hydrogen-bond acceptors (Lipinski definition) is 3. The fraction of sp³-hybridized carbons (Fsp3) is 0.294. The van der Waals surface area contributed by atoms with Gasteiger partial charge in [0.15, 0.2) is 0 Å². The van der Waals surface area contributed by atoms with Crippen LogP contribution in [-0.4, -0.2) is 13.2 Å². The van der Waals surface area contributed by atoms with Crippen LogP contribution >= 0.6 is 0 Å². The lowest BCUT2D eigenvalue weighted by Gasteiger charge is -2.15. The summed E-state index contributed by atoms with van der Waals surface area (Å²) in [5.74, 6) is 1.02. The second-order valence-electron chi connectivity index (χ2n) is 4.83. The van der Waals surface area contributed by atoms with Crippen molar-refractivity contribution in [1.82, 2.24) is 0 Å². The van der Waals surface area contributed by atoms with Gasteiger partial charge in [-0.2, -0.15) is 0 Å². The molecule has 4 heteroatoms. The molecule has 21 heavy (non-hydrogen) atoms. The lowest BCUT2D eigenvalue weighted by Crippen LogP contribution is -2.19. The SMILES string of the molecule is CCOc1ccc(C(N)COc2cc(F)ccc2C)cc1. The quantitative estimate of drug-likeness (QED) is 0.883. The summed E-state index contributed by atoms with van der Waals surface area (Å²) >= 11 is 0. The Hall–Kier alpha value is -2.07. The van der Waals surface area contributed by atoms with Crippen LogP contribution in [0.15, 0.2) is 42.5 Å². The first-order chi connectivity index (χ1) is 10.1. The molecule has 2 aromatic carbocycles. The van der Waals surface area contributed by atoms with Gasteiger partial charge in [-0.25, -0.2) is 4.39 Å². The van der Waals surface area contributed by atoms with Crippen molar-refractivity contribution in [3.8, 4) is 11.5 Å². The average Bonchev–Trinajstić information content (AvgIpc) is 2.49. The van der Waals surface area contributed by atoms with Gasteiger partial charge in [-0.1, -0.05) is 18.2 Å². The van der Waals surface area contributed by atoms with E-state index in [0.29, 0.717) is 12.4 Å². The third-order valence-electron chi connectivity index (χ3n) is 3.19. The zero-order valence-corrected chi connectivity index (χ0v) is 12.3. The van der Waals surface area contributed by atoms with Gasteiger partial charge < -0.3 is 15.2 Å². The summed E-state index contributed by atoms with van der Waals surface area (Å²) in [5.41, 5.74) is 7.93. The Labute approximate surface area is 124 Å². The highest BCUT2D eigenvalue weighted by Crippen LogP contribution is 2.21. The molecule has 0 fully saturated rings. The van der Waals surface area contributed by atoms with Gasteiger partial charge in [0.1, 0.15) is 23.9 Å². The first kappa shape index (κ1) is 15.3. The van der Waals surface area contributed by atoms with E-state index in [4.69, 9.17) is 15.2 Å². The Morgan fingerprint density at radius 2 is 1.81 bits per heavy atom. The molecular formula is C17H20FNO2. The molecular weight excluding hydrogens is 269 g/mol. The van der Waals surface area contributed by atoms with Crippen LogP contribution in [0.1, 0.15) is 24.1 Å². The van der Waals surface area contributed by atoms with Gasteiger partial charge >= 0.3 is 0 Å². The molecule has 0 aliphatic heterocycles. The molecule has 0 amide bonds. The summed E-state index contributed by atoms with van der Waals surface area (Å²) in [6, 6.07) is 11.8. The molecule has 112 valence electrons. The van der Waals surface area contributed by atoms with Crippen molar-refractivity contribution in [2.45, 2.75) is 19.9 Å². The van der Waals surface area contributed by atoms with Crippen molar-refractivity contribution in [1.29, 1.82) is 0 Å². The normalized spacial score (nSPS) is 12.0. The summed E-state index contributed by atoms with van der Waals surface area (Å²) in [6.07, 6.45) is 0. The minimum absolute atomic E-state index is 0.275. The third kappa shape index (κ3) is 4.20. The van der Waals surface area contributed by atoms with Crippen molar-refractivity contribution in [3.63, 3.8) is 0 Å². The van der Waals surface area contributed by atoms with E-state index in [1.807, 2.05) is 38.1 Å². The number of halogens is 1. The fourth-order valence-electron chi connectivity index (χ4n) is 1.98. The summed E-state index contributed by atoms with van der Waals surface area (Å²) < 4.78 is 24.2. The van der Waals surface area contributed by atoms with Crippen molar-refractivity contribution >= 4 is 0 Å². The van der Waals surface area contributed by atoms with Crippen molar-refractivity contribution in [2.75, 3.05) is 13.2 Å². The van der Waals surface area contributed by atoms with Crippen molar-refractivity contribution in [2.24, 2.45) is 5.73 Å². The van der Waals surface area contributed by atoms with Gasteiger partial charge in [0, 0.05) is 6.07 Å². The predicted octanol–water partition coefficient (Wildman–Crippen LogP) is 3.61. The van der Waals surface area contributed by atoms with E-state index in [1.54, 1.807) is 6.07 Å². The molecule has 1 atom stereocenters. The average molecular weight is 289 g/mol. The zero-order valence-electron chi connectivity index (χ0n) is 12.3. The number of benzene rings is 2.